The lowest BCUT2D eigenvalue weighted by molar-refractivity contribution is -0.387. The summed E-state index contributed by atoms with van der Waals surface area (Å²) in [5, 5.41) is 21.2. The lowest BCUT2D eigenvalue weighted by Crippen LogP contribution is -2.34. The van der Waals surface area contributed by atoms with E-state index in [1.165, 1.54) is 13.2 Å². The van der Waals surface area contributed by atoms with E-state index in [1.807, 2.05) is 0 Å². The number of carbonyl (C=O) groups excluding carboxylic acids is 1. The van der Waals surface area contributed by atoms with Crippen molar-refractivity contribution in [3.63, 3.8) is 0 Å². The Kier molecular flexibility index (Phi) is 7.04. The number of hydrogen-bond acceptors (Lipinski definition) is 7. The van der Waals surface area contributed by atoms with E-state index >= 15 is 0 Å². The van der Waals surface area contributed by atoms with Gasteiger partial charge in [-0.15, -0.1) is 11.8 Å². The minimum absolute atomic E-state index is 0.0950. The Morgan fingerprint density at radius 3 is 2.29 bits per heavy atom. The van der Waals surface area contributed by atoms with Gasteiger partial charge in [0.25, 0.3) is 5.69 Å². The maximum Gasteiger partial charge on any atom is 0.337 e. The monoisotopic (exact) mass is 405 g/mol. The van der Waals surface area contributed by atoms with Gasteiger partial charge in [0.1, 0.15) is 11.4 Å². The van der Waals surface area contributed by atoms with Crippen molar-refractivity contribution in [1.82, 2.24) is 0 Å². The van der Waals surface area contributed by atoms with Gasteiger partial charge in [-0.05, 0) is 44.5 Å². The molecule has 0 spiro atoms. The molecule has 0 saturated heterocycles. The van der Waals surface area contributed by atoms with E-state index < -0.39 is 27.8 Å². The lowest BCUT2D eigenvalue weighted by atomic mass is 10.1. The Hall–Kier alpha value is -2.58. The van der Waals surface area contributed by atoms with Gasteiger partial charge in [0.2, 0.25) is 0 Å². The van der Waals surface area contributed by atoms with Crippen LogP contribution in [-0.4, -0.2) is 34.8 Å². The van der Waals surface area contributed by atoms with Crippen molar-refractivity contribution in [2.45, 2.75) is 42.6 Å². The van der Waals surface area contributed by atoms with Crippen LogP contribution in [0.3, 0.4) is 0 Å². The number of nitro benzene ring substituents is 1. The van der Waals surface area contributed by atoms with Gasteiger partial charge in [-0.1, -0.05) is 24.3 Å². The van der Waals surface area contributed by atoms with Crippen molar-refractivity contribution in [3.8, 4) is 5.75 Å². The number of aliphatic hydroxyl groups is 1. The van der Waals surface area contributed by atoms with Crippen LogP contribution >= 0.6 is 11.8 Å². The molecule has 1 N–H and O–H groups in total. The summed E-state index contributed by atoms with van der Waals surface area (Å²) in [4.78, 5) is 23.6. The Balaban J connectivity index is 2.41. The summed E-state index contributed by atoms with van der Waals surface area (Å²) in [5.74, 6) is -0.177. The molecule has 0 amide bonds. The van der Waals surface area contributed by atoms with Gasteiger partial charge in [0.05, 0.1) is 22.2 Å². The maximum atomic E-state index is 12.5. The number of hydrogen-bond donors (Lipinski definition) is 1. The molecular weight excluding hydrogens is 382 g/mol. The summed E-state index contributed by atoms with van der Waals surface area (Å²) >= 11 is 1.04. The first kappa shape index (κ1) is 21.7. The predicted octanol–water partition coefficient (Wildman–Crippen LogP) is 4.14. The average Bonchev–Trinajstić information content (AvgIpc) is 2.64. The molecule has 8 heteroatoms. The number of rotatable bonds is 7. The van der Waals surface area contributed by atoms with Crippen LogP contribution in [0, 0.1) is 10.1 Å². The van der Waals surface area contributed by atoms with Gasteiger partial charge >= 0.3 is 5.97 Å². The largest absolute Gasteiger partial charge is 0.497 e. The standard InChI is InChI=1S/C20H23NO6S/c1-20(2,3)27-19(23)17(22)18(13-9-11-14(26-4)12-10-13)28-16-8-6-5-7-15(16)21(24)25/h5-12,17-18,22H,1-4H3/t17-,18+/m0/s1. The topological polar surface area (TPSA) is 98.9 Å². The van der Waals surface area contributed by atoms with Crippen LogP contribution in [-0.2, 0) is 9.53 Å². The zero-order chi connectivity index (χ0) is 20.9. The first-order valence-electron chi connectivity index (χ1n) is 8.57. The Morgan fingerprint density at radius 1 is 1.14 bits per heavy atom. The number of esters is 1. The molecule has 0 aliphatic carbocycles. The SMILES string of the molecule is COc1ccc([C@@H](Sc2ccccc2[N+](=O)[O-])[C@H](O)C(=O)OC(C)(C)C)cc1. The van der Waals surface area contributed by atoms with Gasteiger partial charge in [0, 0.05) is 6.07 Å². The van der Waals surface area contributed by atoms with Crippen molar-refractivity contribution >= 4 is 23.4 Å². The van der Waals surface area contributed by atoms with E-state index in [9.17, 15) is 20.0 Å². The summed E-state index contributed by atoms with van der Waals surface area (Å²) in [7, 11) is 1.53. The van der Waals surface area contributed by atoms with Gasteiger partial charge < -0.3 is 14.6 Å². The third-order valence-electron chi connectivity index (χ3n) is 3.70. The number of benzene rings is 2. The molecule has 0 heterocycles. The van der Waals surface area contributed by atoms with E-state index in [4.69, 9.17) is 9.47 Å². The molecule has 2 rings (SSSR count). The molecule has 0 aliphatic rings. The van der Waals surface area contributed by atoms with Crippen molar-refractivity contribution in [2.75, 3.05) is 7.11 Å². The summed E-state index contributed by atoms with van der Waals surface area (Å²) in [5.41, 5.74) is -0.254. The van der Waals surface area contributed by atoms with Crippen molar-refractivity contribution in [1.29, 1.82) is 0 Å². The fourth-order valence-corrected chi connectivity index (χ4v) is 3.67. The number of aliphatic hydroxyl groups excluding tert-OH is 1. The van der Waals surface area contributed by atoms with Crippen LogP contribution < -0.4 is 4.74 Å². The summed E-state index contributed by atoms with van der Waals surface area (Å²) in [6.07, 6.45) is -1.52. The van der Waals surface area contributed by atoms with E-state index in [1.54, 1.807) is 63.2 Å². The zero-order valence-corrected chi connectivity index (χ0v) is 16.9. The number of carbonyl (C=O) groups is 1. The minimum atomic E-state index is -1.52. The summed E-state index contributed by atoms with van der Waals surface area (Å²) in [6, 6.07) is 13.0. The highest BCUT2D eigenvalue weighted by Gasteiger charge is 2.34. The highest BCUT2D eigenvalue weighted by molar-refractivity contribution is 7.99. The average molecular weight is 405 g/mol. The lowest BCUT2D eigenvalue weighted by Gasteiger charge is -2.26. The highest BCUT2D eigenvalue weighted by atomic mass is 32.2. The Bertz CT molecular complexity index is 831. The fraction of sp³-hybridized carbons (Fsp3) is 0.350. The maximum absolute atomic E-state index is 12.5. The number of para-hydroxylation sites is 1. The second kappa shape index (κ2) is 9.07. The fourth-order valence-electron chi connectivity index (χ4n) is 2.44. The van der Waals surface area contributed by atoms with Crippen molar-refractivity contribution in [3.05, 3.63) is 64.2 Å². The number of ether oxygens (including phenoxy) is 2. The zero-order valence-electron chi connectivity index (χ0n) is 16.1. The molecule has 0 saturated carbocycles. The number of methoxy groups -OCH3 is 1. The molecule has 2 aromatic carbocycles. The van der Waals surface area contributed by atoms with Gasteiger partial charge in [0.15, 0.2) is 6.10 Å². The van der Waals surface area contributed by atoms with Gasteiger partial charge in [-0.25, -0.2) is 4.79 Å². The molecule has 2 atom stereocenters. The first-order valence-corrected chi connectivity index (χ1v) is 9.45. The Morgan fingerprint density at radius 2 is 1.75 bits per heavy atom. The molecule has 7 nitrogen and oxygen atoms in total. The molecule has 2 aromatic rings. The molecule has 0 fully saturated rings. The predicted molar refractivity (Wildman–Crippen MR) is 107 cm³/mol. The molecule has 0 unspecified atom stereocenters. The van der Waals surface area contributed by atoms with Crippen molar-refractivity contribution < 1.29 is 24.3 Å². The van der Waals surface area contributed by atoms with Crippen LogP contribution in [0.1, 0.15) is 31.6 Å². The van der Waals surface area contributed by atoms with Gasteiger partial charge in [-0.3, -0.25) is 10.1 Å². The van der Waals surface area contributed by atoms with Crippen LogP contribution in [0.15, 0.2) is 53.4 Å². The van der Waals surface area contributed by atoms with Crippen LogP contribution in [0.4, 0.5) is 5.69 Å². The smallest absolute Gasteiger partial charge is 0.337 e. The minimum Gasteiger partial charge on any atom is -0.497 e. The first-order chi connectivity index (χ1) is 13.1. The molecule has 150 valence electrons. The normalized spacial score (nSPS) is 13.5. The van der Waals surface area contributed by atoms with Crippen LogP contribution in [0.2, 0.25) is 0 Å². The highest BCUT2D eigenvalue weighted by Crippen LogP contribution is 2.42. The molecule has 0 aromatic heterocycles. The molecule has 0 aliphatic heterocycles. The van der Waals surface area contributed by atoms with E-state index in [2.05, 4.69) is 0 Å². The summed E-state index contributed by atoms with van der Waals surface area (Å²) in [6.45, 7) is 5.11. The number of thioether (sulfide) groups is 1. The molecular formula is C20H23NO6S. The molecule has 28 heavy (non-hydrogen) atoms. The van der Waals surface area contributed by atoms with E-state index in [-0.39, 0.29) is 5.69 Å². The van der Waals surface area contributed by atoms with E-state index in [0.29, 0.717) is 16.2 Å². The second-order valence-electron chi connectivity index (χ2n) is 7.01. The number of nitro groups is 1. The Labute approximate surface area is 167 Å². The molecule has 0 radical (unpaired) electrons. The van der Waals surface area contributed by atoms with Crippen molar-refractivity contribution in [2.24, 2.45) is 0 Å². The quantitative estimate of drug-likeness (QED) is 0.320. The van der Waals surface area contributed by atoms with Crippen LogP contribution in [0.25, 0.3) is 0 Å². The number of nitrogens with zero attached hydrogens (tertiary/aromatic N) is 1. The van der Waals surface area contributed by atoms with Crippen LogP contribution in [0.5, 0.6) is 5.75 Å². The third kappa shape index (κ3) is 5.71. The second-order valence-corrected chi connectivity index (χ2v) is 8.20. The molecule has 0 bridgehead atoms. The summed E-state index contributed by atoms with van der Waals surface area (Å²) < 4.78 is 10.4. The third-order valence-corrected chi connectivity index (χ3v) is 5.08. The van der Waals surface area contributed by atoms with Gasteiger partial charge in [-0.2, -0.15) is 0 Å². The van der Waals surface area contributed by atoms with E-state index in [0.717, 1.165) is 11.8 Å².